The van der Waals surface area contributed by atoms with E-state index in [-0.39, 0.29) is 0 Å². The van der Waals surface area contributed by atoms with E-state index in [4.69, 9.17) is 0 Å². The number of aryl methyl sites for hydroxylation is 2. The number of hydrogen-bond acceptors (Lipinski definition) is 1. The molecule has 19 heavy (non-hydrogen) atoms. The second-order valence-corrected chi connectivity index (χ2v) is 6.37. The van der Waals surface area contributed by atoms with Crippen molar-refractivity contribution in [2.45, 2.75) is 26.8 Å². The maximum Gasteiger partial charge on any atom is 0.0412 e. The Morgan fingerprint density at radius 3 is 2.47 bits per heavy atom. The number of anilines is 1. The minimum Gasteiger partial charge on any atom is -0.381 e. The highest BCUT2D eigenvalue weighted by atomic mass is 79.9. The smallest absolute Gasteiger partial charge is 0.0412 e. The van der Waals surface area contributed by atoms with Crippen LogP contribution in [0.5, 0.6) is 0 Å². The molecule has 0 unspecified atom stereocenters. The van der Waals surface area contributed by atoms with Crippen LogP contribution in [0, 0.1) is 6.92 Å². The molecule has 2 aromatic rings. The summed E-state index contributed by atoms with van der Waals surface area (Å²) >= 11 is 7.14. The SMILES string of the molecule is CCc1cc(Br)ccc1NCc1ccc(C)cc1Br. The molecule has 100 valence electrons. The first-order valence-electron chi connectivity index (χ1n) is 6.37. The van der Waals surface area contributed by atoms with Crippen molar-refractivity contribution < 1.29 is 0 Å². The Morgan fingerprint density at radius 1 is 1.00 bits per heavy atom. The third-order valence-electron chi connectivity index (χ3n) is 3.13. The molecule has 1 N–H and O–H groups in total. The van der Waals surface area contributed by atoms with Crippen LogP contribution in [0.2, 0.25) is 0 Å². The highest BCUT2D eigenvalue weighted by Crippen LogP contribution is 2.24. The van der Waals surface area contributed by atoms with Gasteiger partial charge in [0.05, 0.1) is 0 Å². The molecule has 0 atom stereocenters. The number of rotatable bonds is 4. The zero-order valence-corrected chi connectivity index (χ0v) is 14.3. The zero-order valence-electron chi connectivity index (χ0n) is 11.1. The standard InChI is InChI=1S/C16H17Br2N/c1-3-12-9-14(17)6-7-16(12)19-10-13-5-4-11(2)8-15(13)18/h4-9,19H,3,10H2,1-2H3. The van der Waals surface area contributed by atoms with Gasteiger partial charge in [-0.3, -0.25) is 0 Å². The van der Waals surface area contributed by atoms with Gasteiger partial charge < -0.3 is 5.32 Å². The maximum atomic E-state index is 3.62. The normalized spacial score (nSPS) is 10.5. The Labute approximate surface area is 131 Å². The summed E-state index contributed by atoms with van der Waals surface area (Å²) in [5.41, 5.74) is 5.08. The fourth-order valence-corrected chi connectivity index (χ4v) is 3.06. The molecule has 0 aromatic heterocycles. The lowest BCUT2D eigenvalue weighted by Crippen LogP contribution is -2.03. The van der Waals surface area contributed by atoms with Gasteiger partial charge in [0.2, 0.25) is 0 Å². The predicted octanol–water partition coefficient (Wildman–Crippen LogP) is 5.69. The quantitative estimate of drug-likeness (QED) is 0.715. The summed E-state index contributed by atoms with van der Waals surface area (Å²) in [5.74, 6) is 0. The van der Waals surface area contributed by atoms with Crippen LogP contribution in [0.4, 0.5) is 5.69 Å². The molecule has 0 radical (unpaired) electrons. The fraction of sp³-hybridized carbons (Fsp3) is 0.250. The van der Waals surface area contributed by atoms with Crippen molar-refractivity contribution in [2.75, 3.05) is 5.32 Å². The van der Waals surface area contributed by atoms with Crippen LogP contribution in [-0.2, 0) is 13.0 Å². The molecule has 0 aliphatic carbocycles. The van der Waals surface area contributed by atoms with Crippen molar-refractivity contribution in [3.63, 3.8) is 0 Å². The Kier molecular flexibility index (Phi) is 5.06. The predicted molar refractivity (Wildman–Crippen MR) is 89.7 cm³/mol. The third-order valence-corrected chi connectivity index (χ3v) is 4.36. The molecular weight excluding hydrogens is 366 g/mol. The molecule has 0 aliphatic heterocycles. The number of nitrogens with one attached hydrogen (secondary N) is 1. The first-order valence-corrected chi connectivity index (χ1v) is 7.96. The molecule has 0 saturated carbocycles. The van der Waals surface area contributed by atoms with Gasteiger partial charge in [-0.25, -0.2) is 0 Å². The number of halogens is 2. The zero-order chi connectivity index (χ0) is 13.8. The van der Waals surface area contributed by atoms with Crippen molar-refractivity contribution in [3.05, 3.63) is 62.0 Å². The molecule has 0 fully saturated rings. The van der Waals surface area contributed by atoms with Crippen molar-refractivity contribution in [3.8, 4) is 0 Å². The highest BCUT2D eigenvalue weighted by Gasteiger charge is 2.04. The summed E-state index contributed by atoms with van der Waals surface area (Å²) < 4.78 is 2.29. The first kappa shape index (κ1) is 14.6. The Hall–Kier alpha value is -0.800. The molecular formula is C16H17Br2N. The van der Waals surface area contributed by atoms with Gasteiger partial charge in [0.1, 0.15) is 0 Å². The van der Waals surface area contributed by atoms with E-state index in [9.17, 15) is 0 Å². The van der Waals surface area contributed by atoms with Gasteiger partial charge in [0.25, 0.3) is 0 Å². The molecule has 0 bridgehead atoms. The van der Waals surface area contributed by atoms with E-state index in [2.05, 4.69) is 87.4 Å². The average Bonchev–Trinajstić information content (AvgIpc) is 2.39. The van der Waals surface area contributed by atoms with Crippen LogP contribution in [-0.4, -0.2) is 0 Å². The molecule has 2 aromatic carbocycles. The summed E-state index contributed by atoms with van der Waals surface area (Å²) in [6.07, 6.45) is 1.02. The van der Waals surface area contributed by atoms with Crippen LogP contribution in [0.15, 0.2) is 45.3 Å². The van der Waals surface area contributed by atoms with Crippen LogP contribution in [0.3, 0.4) is 0 Å². The molecule has 0 heterocycles. The lowest BCUT2D eigenvalue weighted by molar-refractivity contribution is 1.08. The van der Waals surface area contributed by atoms with Gasteiger partial charge in [0.15, 0.2) is 0 Å². The van der Waals surface area contributed by atoms with Crippen LogP contribution >= 0.6 is 31.9 Å². The van der Waals surface area contributed by atoms with Crippen molar-refractivity contribution >= 4 is 37.5 Å². The number of hydrogen-bond donors (Lipinski definition) is 1. The minimum absolute atomic E-state index is 0.829. The van der Waals surface area contributed by atoms with Gasteiger partial charge in [-0.1, -0.05) is 50.9 Å². The van der Waals surface area contributed by atoms with Gasteiger partial charge in [0, 0.05) is 21.2 Å². The van der Waals surface area contributed by atoms with Gasteiger partial charge in [-0.05, 0) is 54.3 Å². The third kappa shape index (κ3) is 3.83. The second-order valence-electron chi connectivity index (χ2n) is 4.60. The van der Waals surface area contributed by atoms with E-state index in [1.54, 1.807) is 0 Å². The highest BCUT2D eigenvalue weighted by molar-refractivity contribution is 9.10. The first-order chi connectivity index (χ1) is 9.10. The lowest BCUT2D eigenvalue weighted by Gasteiger charge is -2.13. The van der Waals surface area contributed by atoms with E-state index in [1.165, 1.54) is 22.4 Å². The molecule has 1 nitrogen and oxygen atoms in total. The molecule has 0 spiro atoms. The monoisotopic (exact) mass is 381 g/mol. The van der Waals surface area contributed by atoms with Gasteiger partial charge >= 0.3 is 0 Å². The van der Waals surface area contributed by atoms with Crippen LogP contribution < -0.4 is 5.32 Å². The molecule has 0 aliphatic rings. The second kappa shape index (κ2) is 6.58. The van der Waals surface area contributed by atoms with Gasteiger partial charge in [-0.15, -0.1) is 0 Å². The molecule has 2 rings (SSSR count). The van der Waals surface area contributed by atoms with E-state index >= 15 is 0 Å². The molecule has 0 saturated heterocycles. The lowest BCUT2D eigenvalue weighted by atomic mass is 10.1. The summed E-state index contributed by atoms with van der Waals surface area (Å²) in [6, 6.07) is 12.8. The summed E-state index contributed by atoms with van der Waals surface area (Å²) in [5, 5.41) is 3.52. The van der Waals surface area contributed by atoms with E-state index in [0.29, 0.717) is 0 Å². The fourth-order valence-electron chi connectivity index (χ4n) is 2.01. The Morgan fingerprint density at radius 2 is 1.79 bits per heavy atom. The maximum absolute atomic E-state index is 3.62. The molecule has 3 heteroatoms. The van der Waals surface area contributed by atoms with Crippen LogP contribution in [0.1, 0.15) is 23.6 Å². The average molecular weight is 383 g/mol. The topological polar surface area (TPSA) is 12.0 Å². The summed E-state index contributed by atoms with van der Waals surface area (Å²) in [4.78, 5) is 0. The van der Waals surface area contributed by atoms with Crippen LogP contribution in [0.25, 0.3) is 0 Å². The van der Waals surface area contributed by atoms with E-state index < -0.39 is 0 Å². The largest absolute Gasteiger partial charge is 0.381 e. The summed E-state index contributed by atoms with van der Waals surface area (Å²) in [7, 11) is 0. The van der Waals surface area contributed by atoms with Crippen molar-refractivity contribution in [1.29, 1.82) is 0 Å². The Bertz CT molecular complexity index is 579. The minimum atomic E-state index is 0.829. The van der Waals surface area contributed by atoms with Gasteiger partial charge in [-0.2, -0.15) is 0 Å². The number of benzene rings is 2. The van der Waals surface area contributed by atoms with E-state index in [1.807, 2.05) is 0 Å². The molecule has 0 amide bonds. The van der Waals surface area contributed by atoms with E-state index in [0.717, 1.165) is 21.9 Å². The van der Waals surface area contributed by atoms with Crippen molar-refractivity contribution in [1.82, 2.24) is 0 Å². The Balaban J connectivity index is 2.14. The van der Waals surface area contributed by atoms with Crippen molar-refractivity contribution in [2.24, 2.45) is 0 Å². The summed E-state index contributed by atoms with van der Waals surface area (Å²) in [6.45, 7) is 5.11.